The number of hydrogen-bond acceptors (Lipinski definition) is 8. The molecule has 0 saturated heterocycles. The van der Waals surface area contributed by atoms with Gasteiger partial charge in [-0.3, -0.25) is 4.98 Å². The van der Waals surface area contributed by atoms with E-state index >= 15 is 0 Å². The van der Waals surface area contributed by atoms with Crippen LogP contribution in [0.5, 0.6) is 11.5 Å². The SMILES string of the molecule is CN(C)CCCNc1nc(Nc2ccc3c(c2)OCO3)cc(-c2ccncc2)n1. The Labute approximate surface area is 169 Å². The molecule has 4 rings (SSSR count). The van der Waals surface area contributed by atoms with Gasteiger partial charge in [0.05, 0.1) is 5.69 Å². The number of rotatable bonds is 8. The Hall–Kier alpha value is -3.39. The average molecular weight is 392 g/mol. The molecule has 29 heavy (non-hydrogen) atoms. The van der Waals surface area contributed by atoms with Crippen molar-refractivity contribution >= 4 is 17.5 Å². The molecule has 8 heteroatoms. The molecule has 0 radical (unpaired) electrons. The maximum atomic E-state index is 5.46. The maximum Gasteiger partial charge on any atom is 0.231 e. The molecule has 0 spiro atoms. The Morgan fingerprint density at radius 3 is 2.66 bits per heavy atom. The fourth-order valence-electron chi connectivity index (χ4n) is 2.98. The van der Waals surface area contributed by atoms with Crippen LogP contribution >= 0.6 is 0 Å². The highest BCUT2D eigenvalue weighted by Gasteiger charge is 2.14. The van der Waals surface area contributed by atoms with E-state index in [-0.39, 0.29) is 6.79 Å². The minimum absolute atomic E-state index is 0.250. The summed E-state index contributed by atoms with van der Waals surface area (Å²) in [7, 11) is 4.13. The van der Waals surface area contributed by atoms with Gasteiger partial charge >= 0.3 is 0 Å². The van der Waals surface area contributed by atoms with Gasteiger partial charge in [0.25, 0.3) is 0 Å². The number of aromatic nitrogens is 3. The van der Waals surface area contributed by atoms with Crippen LogP contribution in [0.15, 0.2) is 48.8 Å². The van der Waals surface area contributed by atoms with E-state index < -0.39 is 0 Å². The summed E-state index contributed by atoms with van der Waals surface area (Å²) in [6, 6.07) is 11.5. The van der Waals surface area contributed by atoms with Crippen molar-refractivity contribution in [3.63, 3.8) is 0 Å². The second-order valence-corrected chi connectivity index (χ2v) is 6.97. The number of benzene rings is 1. The van der Waals surface area contributed by atoms with Gasteiger partial charge in [0.2, 0.25) is 12.7 Å². The summed E-state index contributed by atoms with van der Waals surface area (Å²) in [6.45, 7) is 2.04. The van der Waals surface area contributed by atoms with E-state index in [1.165, 1.54) is 0 Å². The van der Waals surface area contributed by atoms with Gasteiger partial charge in [-0.1, -0.05) is 0 Å². The first-order chi connectivity index (χ1) is 14.2. The van der Waals surface area contributed by atoms with E-state index in [1.807, 2.05) is 36.4 Å². The van der Waals surface area contributed by atoms with Crippen LogP contribution in [-0.2, 0) is 0 Å². The fraction of sp³-hybridized carbons (Fsp3) is 0.286. The minimum Gasteiger partial charge on any atom is -0.454 e. The summed E-state index contributed by atoms with van der Waals surface area (Å²) < 4.78 is 10.8. The third-order valence-corrected chi connectivity index (χ3v) is 4.41. The van der Waals surface area contributed by atoms with Crippen molar-refractivity contribution in [2.45, 2.75) is 6.42 Å². The predicted octanol–water partition coefficient (Wildman–Crippen LogP) is 3.37. The Morgan fingerprint density at radius 1 is 1.00 bits per heavy atom. The second-order valence-electron chi connectivity index (χ2n) is 6.97. The standard InChI is InChI=1S/C21H24N6O2/c1-27(2)11-3-8-23-21-25-17(15-6-9-22-10-7-15)13-20(26-21)24-16-4-5-18-19(12-16)29-14-28-18/h4-7,9-10,12-13H,3,8,11,14H2,1-2H3,(H2,23,24,25,26). The van der Waals surface area contributed by atoms with Gasteiger partial charge in [-0.15, -0.1) is 0 Å². The maximum absolute atomic E-state index is 5.46. The number of fused-ring (bicyclic) bond motifs is 1. The van der Waals surface area contributed by atoms with Gasteiger partial charge in [0.1, 0.15) is 5.82 Å². The van der Waals surface area contributed by atoms with Crippen LogP contribution in [0.2, 0.25) is 0 Å². The van der Waals surface area contributed by atoms with Crippen LogP contribution in [0.1, 0.15) is 6.42 Å². The van der Waals surface area contributed by atoms with Crippen LogP contribution in [0.3, 0.4) is 0 Å². The van der Waals surface area contributed by atoms with Crippen LogP contribution in [0.4, 0.5) is 17.5 Å². The van der Waals surface area contributed by atoms with E-state index in [0.29, 0.717) is 11.8 Å². The molecule has 0 aliphatic carbocycles. The molecule has 0 bridgehead atoms. The normalized spacial score (nSPS) is 12.2. The van der Waals surface area contributed by atoms with Gasteiger partial charge in [0, 0.05) is 42.3 Å². The molecule has 8 nitrogen and oxygen atoms in total. The van der Waals surface area contributed by atoms with Crippen LogP contribution < -0.4 is 20.1 Å². The predicted molar refractivity (Wildman–Crippen MR) is 113 cm³/mol. The number of nitrogens with one attached hydrogen (secondary N) is 2. The van der Waals surface area contributed by atoms with E-state index in [9.17, 15) is 0 Å². The lowest BCUT2D eigenvalue weighted by Crippen LogP contribution is -2.17. The molecule has 0 fully saturated rings. The topological polar surface area (TPSA) is 84.4 Å². The quantitative estimate of drug-likeness (QED) is 0.565. The summed E-state index contributed by atoms with van der Waals surface area (Å²) in [5.41, 5.74) is 2.67. The molecule has 3 heterocycles. The number of hydrogen-bond donors (Lipinski definition) is 2. The summed E-state index contributed by atoms with van der Waals surface area (Å²) in [4.78, 5) is 15.5. The lowest BCUT2D eigenvalue weighted by atomic mass is 10.2. The number of nitrogens with zero attached hydrogens (tertiary/aromatic N) is 4. The van der Waals surface area contributed by atoms with Crippen molar-refractivity contribution in [3.8, 4) is 22.8 Å². The van der Waals surface area contributed by atoms with Crippen molar-refractivity contribution in [1.29, 1.82) is 0 Å². The zero-order valence-electron chi connectivity index (χ0n) is 16.6. The van der Waals surface area contributed by atoms with Crippen molar-refractivity contribution < 1.29 is 9.47 Å². The van der Waals surface area contributed by atoms with Crippen LogP contribution in [0.25, 0.3) is 11.3 Å². The third kappa shape index (κ3) is 4.91. The van der Waals surface area contributed by atoms with E-state index in [2.05, 4.69) is 44.6 Å². The Morgan fingerprint density at radius 2 is 1.83 bits per heavy atom. The van der Waals surface area contributed by atoms with Gasteiger partial charge in [0.15, 0.2) is 11.5 Å². The first kappa shape index (κ1) is 18.9. The highest BCUT2D eigenvalue weighted by atomic mass is 16.7. The van der Waals surface area contributed by atoms with Gasteiger partial charge in [-0.2, -0.15) is 4.98 Å². The smallest absolute Gasteiger partial charge is 0.231 e. The lowest BCUT2D eigenvalue weighted by Gasteiger charge is -2.13. The molecular weight excluding hydrogens is 368 g/mol. The van der Waals surface area contributed by atoms with E-state index in [4.69, 9.17) is 9.47 Å². The highest BCUT2D eigenvalue weighted by molar-refractivity contribution is 5.68. The van der Waals surface area contributed by atoms with Gasteiger partial charge in [-0.25, -0.2) is 4.98 Å². The molecule has 150 valence electrons. The highest BCUT2D eigenvalue weighted by Crippen LogP contribution is 2.35. The Balaban J connectivity index is 1.57. The average Bonchev–Trinajstić information content (AvgIpc) is 3.19. The molecule has 1 aliphatic heterocycles. The Kier molecular flexibility index (Phi) is 5.71. The van der Waals surface area contributed by atoms with Gasteiger partial charge in [-0.05, 0) is 51.3 Å². The number of anilines is 3. The summed E-state index contributed by atoms with van der Waals surface area (Å²) in [6.07, 6.45) is 4.51. The van der Waals surface area contributed by atoms with Crippen LogP contribution in [0, 0.1) is 0 Å². The number of ether oxygens (including phenoxy) is 2. The lowest BCUT2D eigenvalue weighted by molar-refractivity contribution is 0.174. The summed E-state index contributed by atoms with van der Waals surface area (Å²) in [5, 5.41) is 6.67. The van der Waals surface area contributed by atoms with Crippen molar-refractivity contribution in [2.24, 2.45) is 0 Å². The largest absolute Gasteiger partial charge is 0.454 e. The van der Waals surface area contributed by atoms with Crippen molar-refractivity contribution in [3.05, 3.63) is 48.8 Å². The molecular formula is C21H24N6O2. The Bertz CT molecular complexity index is 965. The molecule has 2 aromatic heterocycles. The second kappa shape index (κ2) is 8.74. The molecule has 0 saturated carbocycles. The van der Waals surface area contributed by atoms with E-state index in [1.54, 1.807) is 12.4 Å². The molecule has 0 atom stereocenters. The van der Waals surface area contributed by atoms with Crippen LogP contribution in [-0.4, -0.2) is 53.8 Å². The first-order valence-electron chi connectivity index (χ1n) is 9.52. The summed E-state index contributed by atoms with van der Waals surface area (Å²) >= 11 is 0. The minimum atomic E-state index is 0.250. The van der Waals surface area contributed by atoms with Gasteiger partial charge < -0.3 is 25.0 Å². The molecule has 2 N–H and O–H groups in total. The first-order valence-corrected chi connectivity index (χ1v) is 9.52. The zero-order chi connectivity index (χ0) is 20.1. The monoisotopic (exact) mass is 392 g/mol. The molecule has 0 unspecified atom stereocenters. The molecule has 3 aromatic rings. The summed E-state index contributed by atoms with van der Waals surface area (Å²) in [5.74, 6) is 2.75. The number of pyridine rings is 1. The molecule has 0 amide bonds. The van der Waals surface area contributed by atoms with E-state index in [0.717, 1.165) is 48.0 Å². The van der Waals surface area contributed by atoms with Crippen molar-refractivity contribution in [1.82, 2.24) is 19.9 Å². The molecule has 1 aliphatic rings. The third-order valence-electron chi connectivity index (χ3n) is 4.41. The fourth-order valence-corrected chi connectivity index (χ4v) is 2.98. The molecule has 1 aromatic carbocycles. The van der Waals surface area contributed by atoms with Crippen molar-refractivity contribution in [2.75, 3.05) is 44.6 Å². The zero-order valence-corrected chi connectivity index (χ0v) is 16.6.